The molecule has 2 aromatic carbocycles. The quantitative estimate of drug-likeness (QED) is 0.486. The monoisotopic (exact) mass is 377 g/mol. The van der Waals surface area contributed by atoms with E-state index in [1.807, 2.05) is 72.1 Å². The molecule has 27 heavy (non-hydrogen) atoms. The van der Waals surface area contributed by atoms with Crippen molar-refractivity contribution in [1.82, 2.24) is 0 Å². The number of esters is 1. The second kappa shape index (κ2) is 8.96. The summed E-state index contributed by atoms with van der Waals surface area (Å²) in [7, 11) is 0. The summed E-state index contributed by atoms with van der Waals surface area (Å²) in [6, 6.07) is 21.1. The molecule has 0 unspecified atom stereocenters. The molecule has 1 heterocycles. The smallest absolute Gasteiger partial charge is 0.331 e. The minimum absolute atomic E-state index is 0.378. The van der Waals surface area contributed by atoms with E-state index in [1.165, 1.54) is 17.4 Å². The van der Waals surface area contributed by atoms with Crippen molar-refractivity contribution in [2.45, 2.75) is 13.0 Å². The van der Waals surface area contributed by atoms with Crippen molar-refractivity contribution in [3.63, 3.8) is 0 Å². The maximum absolute atomic E-state index is 12.5. The number of amides is 1. The summed E-state index contributed by atoms with van der Waals surface area (Å²) in [4.78, 5) is 25.3. The van der Waals surface area contributed by atoms with Gasteiger partial charge in [-0.15, -0.1) is 11.3 Å². The van der Waals surface area contributed by atoms with Gasteiger partial charge in [0.2, 0.25) is 0 Å². The van der Waals surface area contributed by atoms with Crippen molar-refractivity contribution >= 4 is 35.0 Å². The third kappa shape index (κ3) is 5.15. The van der Waals surface area contributed by atoms with Gasteiger partial charge in [0.25, 0.3) is 5.91 Å². The first-order chi connectivity index (χ1) is 13.1. The number of hydrogen-bond acceptors (Lipinski definition) is 4. The summed E-state index contributed by atoms with van der Waals surface area (Å²) in [5.74, 6) is -0.932. The number of carbonyl (C=O) groups is 2. The second-order valence-electron chi connectivity index (χ2n) is 5.83. The molecule has 1 amide bonds. The SMILES string of the molecule is C[C@@H](OC(=O)/C=C/c1cccs1)C(=O)Nc1ccccc1-c1ccccc1. The lowest BCUT2D eigenvalue weighted by Crippen LogP contribution is -2.29. The normalized spacial score (nSPS) is 11.9. The van der Waals surface area contributed by atoms with Gasteiger partial charge >= 0.3 is 5.97 Å². The molecule has 0 aliphatic carbocycles. The maximum Gasteiger partial charge on any atom is 0.331 e. The Kier molecular flexibility index (Phi) is 6.18. The van der Waals surface area contributed by atoms with Crippen molar-refractivity contribution in [3.8, 4) is 11.1 Å². The molecule has 136 valence electrons. The zero-order chi connectivity index (χ0) is 19.1. The predicted octanol–water partition coefficient (Wildman–Crippen LogP) is 5.00. The molecule has 1 atom stereocenters. The van der Waals surface area contributed by atoms with Crippen LogP contribution in [0.25, 0.3) is 17.2 Å². The van der Waals surface area contributed by atoms with Crippen LogP contribution in [0.3, 0.4) is 0 Å². The Morgan fingerprint density at radius 3 is 2.48 bits per heavy atom. The van der Waals surface area contributed by atoms with Crippen molar-refractivity contribution < 1.29 is 14.3 Å². The number of para-hydroxylation sites is 1. The summed E-state index contributed by atoms with van der Waals surface area (Å²) in [6.45, 7) is 1.55. The van der Waals surface area contributed by atoms with Gasteiger partial charge in [0.05, 0.1) is 0 Å². The molecule has 1 aromatic heterocycles. The summed E-state index contributed by atoms with van der Waals surface area (Å²) >= 11 is 1.52. The minimum Gasteiger partial charge on any atom is -0.449 e. The summed E-state index contributed by atoms with van der Waals surface area (Å²) in [5, 5.41) is 4.77. The number of carbonyl (C=O) groups excluding carboxylic acids is 2. The van der Waals surface area contributed by atoms with Crippen LogP contribution in [0.1, 0.15) is 11.8 Å². The van der Waals surface area contributed by atoms with Gasteiger partial charge in [-0.2, -0.15) is 0 Å². The van der Waals surface area contributed by atoms with Gasteiger partial charge in [-0.05, 0) is 36.1 Å². The van der Waals surface area contributed by atoms with Crippen molar-refractivity contribution in [2.24, 2.45) is 0 Å². The van der Waals surface area contributed by atoms with Crippen LogP contribution in [0.15, 0.2) is 78.2 Å². The Balaban J connectivity index is 1.64. The van der Waals surface area contributed by atoms with Crippen LogP contribution in [0.2, 0.25) is 0 Å². The molecule has 0 bridgehead atoms. The number of rotatable bonds is 6. The number of hydrogen-bond donors (Lipinski definition) is 1. The van der Waals surface area contributed by atoms with Gasteiger partial charge in [-0.25, -0.2) is 4.79 Å². The first-order valence-corrected chi connectivity index (χ1v) is 9.39. The Labute approximate surface area is 162 Å². The molecule has 0 saturated heterocycles. The molecule has 1 N–H and O–H groups in total. The van der Waals surface area contributed by atoms with E-state index in [1.54, 1.807) is 13.0 Å². The average Bonchev–Trinajstić information content (AvgIpc) is 3.21. The van der Waals surface area contributed by atoms with E-state index in [2.05, 4.69) is 5.32 Å². The van der Waals surface area contributed by atoms with Crippen molar-refractivity contribution in [3.05, 3.63) is 83.1 Å². The van der Waals surface area contributed by atoms with E-state index in [4.69, 9.17) is 4.74 Å². The van der Waals surface area contributed by atoms with E-state index in [-0.39, 0.29) is 5.91 Å². The number of benzene rings is 2. The van der Waals surface area contributed by atoms with Crippen LogP contribution >= 0.6 is 11.3 Å². The highest BCUT2D eigenvalue weighted by Crippen LogP contribution is 2.27. The lowest BCUT2D eigenvalue weighted by molar-refractivity contribution is -0.148. The number of nitrogens with one attached hydrogen (secondary N) is 1. The highest BCUT2D eigenvalue weighted by atomic mass is 32.1. The van der Waals surface area contributed by atoms with Gasteiger partial charge in [-0.3, -0.25) is 4.79 Å². The van der Waals surface area contributed by atoms with Crippen LogP contribution in [-0.4, -0.2) is 18.0 Å². The second-order valence-corrected chi connectivity index (χ2v) is 6.81. The maximum atomic E-state index is 12.5. The standard InChI is InChI=1S/C22H19NO3S/c1-16(26-21(24)14-13-18-10-7-15-27-18)22(25)23-20-12-6-5-11-19(20)17-8-3-2-4-9-17/h2-16H,1H3,(H,23,25)/b14-13+/t16-/m1/s1. The zero-order valence-corrected chi connectivity index (χ0v) is 15.6. The van der Waals surface area contributed by atoms with Crippen LogP contribution in [0, 0.1) is 0 Å². The molecular formula is C22H19NO3S. The van der Waals surface area contributed by atoms with Gasteiger partial charge in [0.1, 0.15) is 0 Å². The zero-order valence-electron chi connectivity index (χ0n) is 14.8. The third-order valence-corrected chi connectivity index (χ3v) is 4.70. The molecule has 0 aliphatic rings. The van der Waals surface area contributed by atoms with E-state index >= 15 is 0 Å². The Hall–Kier alpha value is -3.18. The molecular weight excluding hydrogens is 358 g/mol. The lowest BCUT2D eigenvalue weighted by Gasteiger charge is -2.15. The topological polar surface area (TPSA) is 55.4 Å². The molecule has 0 radical (unpaired) electrons. The molecule has 0 spiro atoms. The molecule has 0 fully saturated rings. The number of anilines is 1. The van der Waals surface area contributed by atoms with Gasteiger partial charge in [-0.1, -0.05) is 54.6 Å². The lowest BCUT2D eigenvalue weighted by atomic mass is 10.0. The molecule has 0 aliphatic heterocycles. The number of thiophene rings is 1. The highest BCUT2D eigenvalue weighted by Gasteiger charge is 2.18. The third-order valence-electron chi connectivity index (χ3n) is 3.86. The summed E-state index contributed by atoms with van der Waals surface area (Å²) in [6.07, 6.45) is 2.09. The number of ether oxygens (including phenoxy) is 1. The summed E-state index contributed by atoms with van der Waals surface area (Å²) in [5.41, 5.74) is 2.57. The molecule has 3 aromatic rings. The van der Waals surface area contributed by atoms with E-state index < -0.39 is 12.1 Å². The summed E-state index contributed by atoms with van der Waals surface area (Å²) < 4.78 is 5.20. The minimum atomic E-state index is -0.908. The van der Waals surface area contributed by atoms with Crippen LogP contribution in [-0.2, 0) is 14.3 Å². The fraction of sp³-hybridized carbons (Fsp3) is 0.0909. The van der Waals surface area contributed by atoms with Gasteiger partial charge in [0.15, 0.2) is 6.10 Å². The fourth-order valence-electron chi connectivity index (χ4n) is 2.50. The predicted molar refractivity (Wildman–Crippen MR) is 109 cm³/mol. The van der Waals surface area contributed by atoms with Gasteiger partial charge < -0.3 is 10.1 Å². The Morgan fingerprint density at radius 2 is 1.74 bits per heavy atom. The van der Waals surface area contributed by atoms with E-state index in [9.17, 15) is 9.59 Å². The van der Waals surface area contributed by atoms with Crippen molar-refractivity contribution in [1.29, 1.82) is 0 Å². The van der Waals surface area contributed by atoms with E-state index in [0.29, 0.717) is 5.69 Å². The molecule has 3 rings (SSSR count). The first-order valence-electron chi connectivity index (χ1n) is 8.51. The highest BCUT2D eigenvalue weighted by molar-refractivity contribution is 7.10. The first kappa shape index (κ1) is 18.6. The largest absolute Gasteiger partial charge is 0.449 e. The molecule has 5 heteroatoms. The van der Waals surface area contributed by atoms with E-state index in [0.717, 1.165) is 16.0 Å². The Morgan fingerprint density at radius 1 is 1.00 bits per heavy atom. The van der Waals surface area contributed by atoms with Gasteiger partial charge in [0, 0.05) is 22.2 Å². The fourth-order valence-corrected chi connectivity index (χ4v) is 3.12. The van der Waals surface area contributed by atoms with Crippen LogP contribution < -0.4 is 5.32 Å². The van der Waals surface area contributed by atoms with Crippen LogP contribution in [0.5, 0.6) is 0 Å². The van der Waals surface area contributed by atoms with Crippen molar-refractivity contribution in [2.75, 3.05) is 5.32 Å². The van der Waals surface area contributed by atoms with Crippen LogP contribution in [0.4, 0.5) is 5.69 Å². The molecule has 0 saturated carbocycles. The molecule has 4 nitrogen and oxygen atoms in total. The average molecular weight is 377 g/mol. The Bertz CT molecular complexity index is 933.